The van der Waals surface area contributed by atoms with E-state index < -0.39 is 0 Å². The number of likely N-dealkylation sites (tertiary alicyclic amines) is 1. The quantitative estimate of drug-likeness (QED) is 0.810. The first-order valence-corrected chi connectivity index (χ1v) is 7.59. The number of rotatable bonds is 3. The van der Waals surface area contributed by atoms with E-state index in [-0.39, 0.29) is 0 Å². The highest BCUT2D eigenvalue weighted by atomic mass is 15.1. The van der Waals surface area contributed by atoms with Crippen LogP contribution in [0.4, 0.5) is 0 Å². The highest BCUT2D eigenvalue weighted by Gasteiger charge is 2.34. The van der Waals surface area contributed by atoms with Crippen LogP contribution in [0, 0.1) is 11.3 Å². The van der Waals surface area contributed by atoms with E-state index in [0.717, 1.165) is 18.0 Å². The van der Waals surface area contributed by atoms with Gasteiger partial charge in [-0.15, -0.1) is 0 Å². The van der Waals surface area contributed by atoms with Crippen molar-refractivity contribution in [3.8, 4) is 0 Å². The van der Waals surface area contributed by atoms with Crippen LogP contribution in [0.1, 0.15) is 52.4 Å². The summed E-state index contributed by atoms with van der Waals surface area (Å²) in [7, 11) is 0. The zero-order chi connectivity index (χ0) is 11.9. The van der Waals surface area contributed by atoms with Crippen molar-refractivity contribution in [1.29, 1.82) is 0 Å². The van der Waals surface area contributed by atoms with Gasteiger partial charge in [-0.25, -0.2) is 0 Å². The molecule has 17 heavy (non-hydrogen) atoms. The third-order valence-electron chi connectivity index (χ3n) is 5.18. The summed E-state index contributed by atoms with van der Waals surface area (Å²) in [6.45, 7) is 8.85. The van der Waals surface area contributed by atoms with E-state index in [0.29, 0.717) is 5.41 Å². The minimum absolute atomic E-state index is 0.577. The number of nitrogens with one attached hydrogen (secondary N) is 1. The lowest BCUT2D eigenvalue weighted by atomic mass is 9.89. The summed E-state index contributed by atoms with van der Waals surface area (Å²) in [4.78, 5) is 2.70. The van der Waals surface area contributed by atoms with Crippen molar-refractivity contribution in [2.75, 3.05) is 19.6 Å². The van der Waals surface area contributed by atoms with Crippen LogP contribution in [-0.4, -0.2) is 36.6 Å². The van der Waals surface area contributed by atoms with Crippen LogP contribution in [0.2, 0.25) is 0 Å². The molecule has 3 fully saturated rings. The van der Waals surface area contributed by atoms with E-state index in [4.69, 9.17) is 0 Å². The van der Waals surface area contributed by atoms with Gasteiger partial charge in [-0.3, -0.25) is 0 Å². The molecule has 3 aliphatic rings. The number of hydrogen-bond donors (Lipinski definition) is 1. The van der Waals surface area contributed by atoms with Crippen molar-refractivity contribution < 1.29 is 0 Å². The molecular formula is C15H28N2. The first kappa shape index (κ1) is 12.0. The molecule has 2 bridgehead atoms. The predicted molar refractivity (Wildman–Crippen MR) is 72.1 cm³/mol. The summed E-state index contributed by atoms with van der Waals surface area (Å²) in [5, 5.41) is 3.75. The monoisotopic (exact) mass is 236 g/mol. The van der Waals surface area contributed by atoms with E-state index in [2.05, 4.69) is 24.1 Å². The number of hydrogen-bond acceptors (Lipinski definition) is 2. The maximum atomic E-state index is 3.75. The second-order valence-corrected chi connectivity index (χ2v) is 7.45. The second kappa shape index (κ2) is 4.55. The lowest BCUT2D eigenvalue weighted by molar-refractivity contribution is 0.229. The zero-order valence-electron chi connectivity index (χ0n) is 11.5. The van der Waals surface area contributed by atoms with Gasteiger partial charge in [0.15, 0.2) is 0 Å². The minimum Gasteiger partial charge on any atom is -0.311 e. The van der Waals surface area contributed by atoms with Gasteiger partial charge in [-0.05, 0) is 62.9 Å². The smallest absolute Gasteiger partial charge is 0.00728 e. The Balaban J connectivity index is 1.43. The van der Waals surface area contributed by atoms with Gasteiger partial charge in [0.05, 0.1) is 0 Å². The molecule has 0 spiro atoms. The first-order chi connectivity index (χ1) is 8.11. The summed E-state index contributed by atoms with van der Waals surface area (Å²) in [6, 6.07) is 1.74. The van der Waals surface area contributed by atoms with Crippen LogP contribution in [0.15, 0.2) is 0 Å². The average molecular weight is 236 g/mol. The van der Waals surface area contributed by atoms with Crippen molar-refractivity contribution in [3.63, 3.8) is 0 Å². The average Bonchev–Trinajstić information content (AvgIpc) is 2.79. The van der Waals surface area contributed by atoms with Crippen LogP contribution in [0.25, 0.3) is 0 Å². The summed E-state index contributed by atoms with van der Waals surface area (Å²) < 4.78 is 0. The normalized spacial score (nSPS) is 40.9. The Morgan fingerprint density at radius 1 is 1.18 bits per heavy atom. The molecule has 0 amide bonds. The third kappa shape index (κ3) is 2.85. The molecule has 0 radical (unpaired) electrons. The van der Waals surface area contributed by atoms with E-state index >= 15 is 0 Å². The Kier molecular flexibility index (Phi) is 3.20. The summed E-state index contributed by atoms with van der Waals surface area (Å²) >= 11 is 0. The highest BCUT2D eigenvalue weighted by Crippen LogP contribution is 2.34. The molecule has 0 saturated carbocycles. The van der Waals surface area contributed by atoms with E-state index in [1.807, 2.05) is 0 Å². The standard InChI is InChI=1S/C15H28N2/c1-15(2)6-8-17(11-15)7-5-12-9-13-3-4-14(10-12)16-13/h12-14,16H,3-11H2,1-2H3. The van der Waals surface area contributed by atoms with Crippen molar-refractivity contribution in [2.24, 2.45) is 11.3 Å². The Morgan fingerprint density at radius 2 is 1.88 bits per heavy atom. The minimum atomic E-state index is 0.577. The fraction of sp³-hybridized carbons (Fsp3) is 1.00. The van der Waals surface area contributed by atoms with Gasteiger partial charge in [0, 0.05) is 18.6 Å². The Hall–Kier alpha value is -0.0800. The van der Waals surface area contributed by atoms with E-state index in [9.17, 15) is 0 Å². The van der Waals surface area contributed by atoms with Gasteiger partial charge < -0.3 is 10.2 Å². The van der Waals surface area contributed by atoms with Crippen LogP contribution in [-0.2, 0) is 0 Å². The van der Waals surface area contributed by atoms with Gasteiger partial charge in [-0.2, -0.15) is 0 Å². The molecule has 1 N–H and O–H groups in total. The molecule has 0 aromatic heterocycles. The molecular weight excluding hydrogens is 208 g/mol. The predicted octanol–water partition coefficient (Wildman–Crippen LogP) is 2.64. The fourth-order valence-corrected chi connectivity index (χ4v) is 4.19. The van der Waals surface area contributed by atoms with Crippen LogP contribution in [0.3, 0.4) is 0 Å². The molecule has 0 aromatic rings. The van der Waals surface area contributed by atoms with Gasteiger partial charge in [0.1, 0.15) is 0 Å². The number of fused-ring (bicyclic) bond motifs is 2. The molecule has 2 heteroatoms. The fourth-order valence-electron chi connectivity index (χ4n) is 4.19. The SMILES string of the molecule is CC1(C)CCN(CCC2CC3CCC(C2)N3)C1. The molecule has 2 nitrogen and oxygen atoms in total. The Morgan fingerprint density at radius 3 is 2.47 bits per heavy atom. The Labute approximate surface area is 106 Å². The van der Waals surface area contributed by atoms with Crippen LogP contribution < -0.4 is 5.32 Å². The highest BCUT2D eigenvalue weighted by molar-refractivity contribution is 4.92. The summed E-state index contributed by atoms with van der Waals surface area (Å²) in [5.41, 5.74) is 0.577. The van der Waals surface area contributed by atoms with E-state index in [1.165, 1.54) is 58.2 Å². The van der Waals surface area contributed by atoms with Gasteiger partial charge in [-0.1, -0.05) is 13.8 Å². The van der Waals surface area contributed by atoms with E-state index in [1.54, 1.807) is 0 Å². The zero-order valence-corrected chi connectivity index (χ0v) is 11.5. The third-order valence-corrected chi connectivity index (χ3v) is 5.18. The molecule has 3 aliphatic heterocycles. The van der Waals surface area contributed by atoms with Crippen molar-refractivity contribution in [2.45, 2.75) is 64.5 Å². The summed E-state index contributed by atoms with van der Waals surface area (Å²) in [6.07, 6.45) is 8.63. The van der Waals surface area contributed by atoms with Crippen molar-refractivity contribution >= 4 is 0 Å². The van der Waals surface area contributed by atoms with Crippen LogP contribution >= 0.6 is 0 Å². The van der Waals surface area contributed by atoms with Gasteiger partial charge in [0.2, 0.25) is 0 Å². The molecule has 2 atom stereocenters. The number of piperidine rings is 1. The molecule has 3 saturated heterocycles. The van der Waals surface area contributed by atoms with Gasteiger partial charge >= 0.3 is 0 Å². The second-order valence-electron chi connectivity index (χ2n) is 7.45. The topological polar surface area (TPSA) is 15.3 Å². The molecule has 98 valence electrons. The molecule has 2 unspecified atom stereocenters. The summed E-state index contributed by atoms with van der Waals surface area (Å²) in [5.74, 6) is 1.01. The maximum Gasteiger partial charge on any atom is 0.00728 e. The molecule has 3 rings (SSSR count). The largest absolute Gasteiger partial charge is 0.311 e. The molecule has 3 heterocycles. The number of nitrogens with zero attached hydrogens (tertiary/aromatic N) is 1. The van der Waals surface area contributed by atoms with Crippen LogP contribution in [0.5, 0.6) is 0 Å². The van der Waals surface area contributed by atoms with Gasteiger partial charge in [0.25, 0.3) is 0 Å². The maximum absolute atomic E-state index is 3.75. The Bertz CT molecular complexity index is 262. The van der Waals surface area contributed by atoms with Crippen molar-refractivity contribution in [1.82, 2.24) is 10.2 Å². The van der Waals surface area contributed by atoms with Crippen molar-refractivity contribution in [3.05, 3.63) is 0 Å². The molecule has 0 aromatic carbocycles. The first-order valence-electron chi connectivity index (χ1n) is 7.59. The molecule has 0 aliphatic carbocycles. The lowest BCUT2D eigenvalue weighted by Crippen LogP contribution is -2.39. The lowest BCUT2D eigenvalue weighted by Gasteiger charge is -2.30.